The molecule has 202 valence electrons. The first-order valence-electron chi connectivity index (χ1n) is 12.1. The largest absolute Gasteiger partial charge is 0.355 e. The lowest BCUT2D eigenvalue weighted by molar-refractivity contribution is -0.140. The Balaban J connectivity index is 2.04. The van der Waals surface area contributed by atoms with Gasteiger partial charge in [0.1, 0.15) is 12.6 Å². The third-order valence-electron chi connectivity index (χ3n) is 5.97. The predicted octanol–water partition coefficient (Wildman–Crippen LogP) is 3.82. The van der Waals surface area contributed by atoms with Crippen LogP contribution in [-0.4, -0.2) is 50.5 Å². The van der Waals surface area contributed by atoms with E-state index in [0.717, 1.165) is 41.1 Å². The molecular weight excluding hydrogens is 512 g/mol. The van der Waals surface area contributed by atoms with Gasteiger partial charge in [0.05, 0.1) is 11.9 Å². The van der Waals surface area contributed by atoms with Crippen LogP contribution in [0.2, 0.25) is 0 Å². The summed E-state index contributed by atoms with van der Waals surface area (Å²) in [7, 11) is -4.07. The number of aryl methyl sites for hydroxylation is 1. The minimum absolute atomic E-state index is 0.0309. The monoisotopic (exact) mass is 543 g/mol. The van der Waals surface area contributed by atoms with Gasteiger partial charge in [-0.1, -0.05) is 60.2 Å². The van der Waals surface area contributed by atoms with E-state index in [9.17, 15) is 26.8 Å². The molecule has 38 heavy (non-hydrogen) atoms. The molecule has 0 saturated heterocycles. The molecule has 0 saturated carbocycles. The van der Waals surface area contributed by atoms with Gasteiger partial charge in [0.2, 0.25) is 21.8 Å². The maximum Gasteiger partial charge on any atom is 0.244 e. The van der Waals surface area contributed by atoms with Crippen molar-refractivity contribution in [3.8, 4) is 0 Å². The number of hydrogen-bond acceptors (Lipinski definition) is 4. The first-order valence-corrected chi connectivity index (χ1v) is 13.9. The summed E-state index contributed by atoms with van der Waals surface area (Å²) in [5, 5.41) is 2.77. The number of hydrogen-bond donors (Lipinski definition) is 1. The molecule has 0 radical (unpaired) electrons. The molecular formula is C28H31F2N3O4S. The number of carbonyl (C=O) groups is 2. The van der Waals surface area contributed by atoms with Crippen LogP contribution in [-0.2, 0) is 32.6 Å². The van der Waals surface area contributed by atoms with Gasteiger partial charge in [-0.05, 0) is 37.1 Å². The highest BCUT2D eigenvalue weighted by atomic mass is 32.2. The molecule has 3 aromatic rings. The molecule has 0 fully saturated rings. The fourth-order valence-corrected chi connectivity index (χ4v) is 4.83. The van der Waals surface area contributed by atoms with Crippen molar-refractivity contribution < 1.29 is 26.8 Å². The van der Waals surface area contributed by atoms with Gasteiger partial charge in [-0.15, -0.1) is 0 Å². The van der Waals surface area contributed by atoms with Crippen LogP contribution in [0.1, 0.15) is 23.6 Å². The number of sulfonamides is 1. The average molecular weight is 544 g/mol. The van der Waals surface area contributed by atoms with Crippen LogP contribution >= 0.6 is 0 Å². The molecule has 10 heteroatoms. The number of amides is 2. The first kappa shape index (κ1) is 28.8. The fourth-order valence-electron chi connectivity index (χ4n) is 3.99. The van der Waals surface area contributed by atoms with Crippen molar-refractivity contribution in [3.05, 3.63) is 101 Å². The summed E-state index contributed by atoms with van der Waals surface area (Å²) in [5.74, 6) is -3.46. The van der Waals surface area contributed by atoms with E-state index in [1.807, 2.05) is 61.5 Å². The van der Waals surface area contributed by atoms with Crippen LogP contribution < -0.4 is 9.62 Å². The Kier molecular flexibility index (Phi) is 9.57. The Bertz CT molecular complexity index is 1370. The Hall–Kier alpha value is -3.79. The van der Waals surface area contributed by atoms with E-state index >= 15 is 0 Å². The van der Waals surface area contributed by atoms with E-state index in [1.54, 1.807) is 6.92 Å². The number of anilines is 1. The molecule has 0 unspecified atom stereocenters. The van der Waals surface area contributed by atoms with E-state index in [-0.39, 0.29) is 18.7 Å². The highest BCUT2D eigenvalue weighted by Crippen LogP contribution is 2.22. The van der Waals surface area contributed by atoms with Gasteiger partial charge < -0.3 is 10.2 Å². The van der Waals surface area contributed by atoms with Crippen LogP contribution in [0.5, 0.6) is 0 Å². The van der Waals surface area contributed by atoms with Gasteiger partial charge >= 0.3 is 0 Å². The van der Waals surface area contributed by atoms with Crippen molar-refractivity contribution in [1.82, 2.24) is 10.2 Å². The molecule has 0 heterocycles. The van der Waals surface area contributed by atoms with Crippen LogP contribution in [0.15, 0.2) is 72.8 Å². The molecule has 0 spiro atoms. The molecule has 2 amide bonds. The van der Waals surface area contributed by atoms with Crippen molar-refractivity contribution in [2.45, 2.75) is 32.9 Å². The Morgan fingerprint density at radius 1 is 0.921 bits per heavy atom. The van der Waals surface area contributed by atoms with Crippen LogP contribution in [0, 0.1) is 18.6 Å². The minimum atomic E-state index is -4.07. The lowest BCUT2D eigenvalue weighted by Gasteiger charge is -2.33. The summed E-state index contributed by atoms with van der Waals surface area (Å²) in [5.41, 5.74) is 2.36. The molecule has 0 aliphatic heterocycles. The number of carbonyl (C=O) groups excluding carboxylic acids is 2. The minimum Gasteiger partial charge on any atom is -0.355 e. The van der Waals surface area contributed by atoms with Crippen LogP contribution in [0.3, 0.4) is 0 Å². The summed E-state index contributed by atoms with van der Waals surface area (Å²) < 4.78 is 53.5. The van der Waals surface area contributed by atoms with Crippen molar-refractivity contribution >= 4 is 27.5 Å². The summed E-state index contributed by atoms with van der Waals surface area (Å²) in [6.07, 6.45) is 1.06. The second-order valence-electron chi connectivity index (χ2n) is 8.98. The average Bonchev–Trinajstić information content (AvgIpc) is 2.87. The van der Waals surface area contributed by atoms with E-state index < -0.39 is 46.1 Å². The summed E-state index contributed by atoms with van der Waals surface area (Å²) in [6, 6.07) is 18.2. The Morgan fingerprint density at radius 2 is 1.58 bits per heavy atom. The molecule has 1 atom stereocenters. The van der Waals surface area contributed by atoms with Gasteiger partial charge in [0.25, 0.3) is 0 Å². The van der Waals surface area contributed by atoms with Gasteiger partial charge in [-0.3, -0.25) is 13.9 Å². The third-order valence-corrected chi connectivity index (χ3v) is 7.11. The van der Waals surface area contributed by atoms with Crippen molar-refractivity contribution in [1.29, 1.82) is 0 Å². The number of benzene rings is 3. The first-order chi connectivity index (χ1) is 18.0. The number of halogens is 2. The van der Waals surface area contributed by atoms with Gasteiger partial charge in [-0.2, -0.15) is 0 Å². The van der Waals surface area contributed by atoms with E-state index in [1.165, 1.54) is 4.90 Å². The quantitative estimate of drug-likeness (QED) is 0.399. The highest BCUT2D eigenvalue weighted by Gasteiger charge is 2.33. The number of likely N-dealkylation sites (N-methyl/N-ethyl adjacent to an activating group) is 1. The van der Waals surface area contributed by atoms with Gasteiger partial charge in [-0.25, -0.2) is 17.2 Å². The van der Waals surface area contributed by atoms with Gasteiger partial charge in [0.15, 0.2) is 11.6 Å². The van der Waals surface area contributed by atoms with Crippen molar-refractivity contribution in [2.24, 2.45) is 0 Å². The normalized spacial score (nSPS) is 12.0. The van der Waals surface area contributed by atoms with E-state index in [0.29, 0.717) is 10.8 Å². The van der Waals surface area contributed by atoms with Crippen molar-refractivity contribution in [2.75, 3.05) is 23.7 Å². The zero-order chi connectivity index (χ0) is 27.9. The summed E-state index contributed by atoms with van der Waals surface area (Å²) >= 11 is 0. The molecule has 0 bridgehead atoms. The fraction of sp³-hybridized carbons (Fsp3) is 0.286. The molecule has 3 rings (SSSR count). The smallest absolute Gasteiger partial charge is 0.244 e. The second kappa shape index (κ2) is 12.6. The third kappa shape index (κ3) is 7.61. The number of nitrogens with zero attached hydrogens (tertiary/aromatic N) is 2. The zero-order valence-electron chi connectivity index (χ0n) is 21.5. The molecule has 0 aromatic heterocycles. The zero-order valence-corrected chi connectivity index (χ0v) is 22.3. The number of rotatable bonds is 11. The highest BCUT2D eigenvalue weighted by molar-refractivity contribution is 7.92. The van der Waals surface area contributed by atoms with Crippen LogP contribution in [0.4, 0.5) is 14.5 Å². The standard InChI is InChI=1S/C28H31F2N3O4S/c1-4-31-28(35)26(16-21-8-6-5-7-9-21)32(18-22-12-10-20(2)11-13-22)27(34)19-33(38(3,36)37)23-14-15-24(29)25(30)17-23/h5-15,17,26H,4,16,18-19H2,1-3H3,(H,31,35)/t26-/m0/s1. The van der Waals surface area contributed by atoms with E-state index in [2.05, 4.69) is 5.32 Å². The molecule has 3 aromatic carbocycles. The van der Waals surface area contributed by atoms with Gasteiger partial charge in [0, 0.05) is 25.6 Å². The Morgan fingerprint density at radius 3 is 2.16 bits per heavy atom. The summed E-state index contributed by atoms with van der Waals surface area (Å²) in [6.45, 7) is 3.34. The molecule has 7 nitrogen and oxygen atoms in total. The lowest BCUT2D eigenvalue weighted by Crippen LogP contribution is -2.53. The lowest BCUT2D eigenvalue weighted by atomic mass is 10.0. The maximum absolute atomic E-state index is 14.0. The molecule has 0 aliphatic carbocycles. The topological polar surface area (TPSA) is 86.8 Å². The molecule has 1 N–H and O–H groups in total. The predicted molar refractivity (Wildman–Crippen MR) is 143 cm³/mol. The maximum atomic E-state index is 14.0. The number of nitrogens with one attached hydrogen (secondary N) is 1. The molecule has 0 aliphatic rings. The second-order valence-corrected chi connectivity index (χ2v) is 10.9. The summed E-state index contributed by atoms with van der Waals surface area (Å²) in [4.78, 5) is 28.4. The SMILES string of the molecule is CCNC(=O)[C@H](Cc1ccccc1)N(Cc1ccc(C)cc1)C(=O)CN(c1ccc(F)c(F)c1)S(C)(=O)=O. The van der Waals surface area contributed by atoms with E-state index in [4.69, 9.17) is 0 Å². The van der Waals surface area contributed by atoms with Crippen molar-refractivity contribution in [3.63, 3.8) is 0 Å². The Labute approximate surface area is 222 Å². The van der Waals surface area contributed by atoms with Crippen LogP contribution in [0.25, 0.3) is 0 Å².